The summed E-state index contributed by atoms with van der Waals surface area (Å²) in [5.41, 5.74) is 2.71. The minimum absolute atomic E-state index is 0.131. The Kier molecular flexibility index (Phi) is 7.23. The van der Waals surface area contributed by atoms with Gasteiger partial charge in [0.25, 0.3) is 5.91 Å². The molecule has 1 aliphatic heterocycles. The fraction of sp³-hybridized carbons (Fsp3) is 0.241. The molecule has 1 amide bonds. The van der Waals surface area contributed by atoms with Gasteiger partial charge >= 0.3 is 0 Å². The van der Waals surface area contributed by atoms with Crippen molar-refractivity contribution in [3.8, 4) is 0 Å². The largest absolute Gasteiger partial charge is 0.336 e. The van der Waals surface area contributed by atoms with Crippen molar-refractivity contribution in [3.63, 3.8) is 0 Å². The quantitative estimate of drug-likeness (QED) is 0.356. The maximum Gasteiger partial charge on any atom is 0.253 e. The van der Waals surface area contributed by atoms with E-state index in [1.165, 1.54) is 12.1 Å². The molecule has 0 unspecified atom stereocenters. The molecule has 196 valence electrons. The Morgan fingerprint density at radius 3 is 2.39 bits per heavy atom. The number of carbonyl (C=O) groups is 1. The highest BCUT2D eigenvalue weighted by molar-refractivity contribution is 7.90. The number of amides is 1. The molecule has 0 aliphatic carbocycles. The first-order valence-corrected chi connectivity index (χ1v) is 14.0. The average molecular weight is 536 g/mol. The smallest absolute Gasteiger partial charge is 0.253 e. The second kappa shape index (κ2) is 10.6. The molecular weight excluding hydrogens is 508 g/mol. The fourth-order valence-electron chi connectivity index (χ4n) is 4.78. The van der Waals surface area contributed by atoms with Gasteiger partial charge in [-0.05, 0) is 48.4 Å². The monoisotopic (exact) mass is 535 g/mol. The van der Waals surface area contributed by atoms with Crippen LogP contribution in [0.3, 0.4) is 0 Å². The van der Waals surface area contributed by atoms with Crippen molar-refractivity contribution in [2.75, 3.05) is 26.2 Å². The molecular formula is C29H27F2N3O3S. The van der Waals surface area contributed by atoms with Crippen LogP contribution in [0, 0.1) is 18.6 Å². The Morgan fingerprint density at radius 2 is 1.66 bits per heavy atom. The summed E-state index contributed by atoms with van der Waals surface area (Å²) in [5.74, 6) is -1.50. The van der Waals surface area contributed by atoms with Gasteiger partial charge in [-0.2, -0.15) is 0 Å². The van der Waals surface area contributed by atoms with E-state index in [1.54, 1.807) is 54.4 Å². The number of aromatic nitrogens is 1. The van der Waals surface area contributed by atoms with Gasteiger partial charge in [-0.25, -0.2) is 17.2 Å². The van der Waals surface area contributed by atoms with E-state index in [0.717, 1.165) is 17.0 Å². The minimum atomic E-state index is -3.66. The lowest BCUT2D eigenvalue weighted by molar-refractivity contribution is 0.0627. The number of halogens is 2. The lowest BCUT2D eigenvalue weighted by atomic mass is 10.1. The number of pyridine rings is 1. The third-order valence-corrected chi connectivity index (χ3v) is 8.62. The number of rotatable bonds is 6. The summed E-state index contributed by atoms with van der Waals surface area (Å²) in [6, 6.07) is 17.4. The normalized spacial score (nSPS) is 14.7. The number of benzene rings is 3. The van der Waals surface area contributed by atoms with Crippen LogP contribution in [0.4, 0.5) is 8.78 Å². The summed E-state index contributed by atoms with van der Waals surface area (Å²) in [6.07, 6.45) is 1.58. The lowest BCUT2D eigenvalue weighted by Gasteiger charge is -2.35. The third kappa shape index (κ3) is 5.44. The van der Waals surface area contributed by atoms with E-state index in [9.17, 15) is 22.0 Å². The van der Waals surface area contributed by atoms with E-state index in [4.69, 9.17) is 0 Å². The fourth-order valence-corrected chi connectivity index (χ4v) is 6.42. The van der Waals surface area contributed by atoms with Crippen LogP contribution in [0.2, 0.25) is 0 Å². The zero-order chi connectivity index (χ0) is 26.9. The van der Waals surface area contributed by atoms with Gasteiger partial charge in [-0.15, -0.1) is 0 Å². The number of hydrogen-bond donors (Lipinski definition) is 0. The molecule has 1 fully saturated rings. The van der Waals surface area contributed by atoms with Crippen molar-refractivity contribution >= 4 is 26.6 Å². The summed E-state index contributed by atoms with van der Waals surface area (Å²) in [7, 11) is -3.66. The summed E-state index contributed by atoms with van der Waals surface area (Å²) in [5, 5.41) is 0.758. The Bertz CT molecular complexity index is 1610. The van der Waals surface area contributed by atoms with Gasteiger partial charge in [0.05, 0.1) is 16.2 Å². The van der Waals surface area contributed by atoms with Gasteiger partial charge in [-0.3, -0.25) is 14.7 Å². The topological polar surface area (TPSA) is 70.6 Å². The zero-order valence-electron chi connectivity index (χ0n) is 20.9. The van der Waals surface area contributed by atoms with Crippen molar-refractivity contribution in [2.45, 2.75) is 24.1 Å². The highest BCUT2D eigenvalue weighted by Crippen LogP contribution is 2.26. The molecule has 3 aromatic carbocycles. The predicted octanol–water partition coefficient (Wildman–Crippen LogP) is 4.75. The van der Waals surface area contributed by atoms with E-state index in [-0.39, 0.29) is 16.6 Å². The van der Waals surface area contributed by atoms with Crippen LogP contribution in [0.25, 0.3) is 10.9 Å². The molecule has 0 radical (unpaired) electrons. The summed E-state index contributed by atoms with van der Waals surface area (Å²) in [6.45, 7) is 4.24. The number of carbonyl (C=O) groups excluding carboxylic acids is 1. The highest BCUT2D eigenvalue weighted by atomic mass is 32.2. The predicted molar refractivity (Wildman–Crippen MR) is 141 cm³/mol. The molecule has 38 heavy (non-hydrogen) atoms. The van der Waals surface area contributed by atoms with Crippen molar-refractivity contribution < 1.29 is 22.0 Å². The van der Waals surface area contributed by atoms with Crippen LogP contribution in [0.15, 0.2) is 77.8 Å². The second-order valence-corrected chi connectivity index (χ2v) is 11.5. The zero-order valence-corrected chi connectivity index (χ0v) is 21.7. The molecule has 4 aromatic rings. The Morgan fingerprint density at radius 1 is 0.921 bits per heavy atom. The number of nitrogens with zero attached hydrogens (tertiary/aromatic N) is 3. The Balaban J connectivity index is 1.25. The number of hydrogen-bond acceptors (Lipinski definition) is 5. The van der Waals surface area contributed by atoms with Gasteiger partial charge in [0.15, 0.2) is 9.84 Å². The first-order chi connectivity index (χ1) is 18.2. The molecule has 0 atom stereocenters. The molecule has 2 heterocycles. The molecule has 0 N–H and O–H groups in total. The van der Waals surface area contributed by atoms with Crippen molar-refractivity contribution in [1.29, 1.82) is 0 Å². The van der Waals surface area contributed by atoms with Gasteiger partial charge in [-0.1, -0.05) is 30.3 Å². The maximum atomic E-state index is 14.0. The SMILES string of the molecule is Cc1cc(C(=O)N2CCN(Cc3ccc(F)cc3F)CC2)ccc1CS(=O)(=O)c1cccc2cccnc12. The number of sulfone groups is 1. The maximum absolute atomic E-state index is 14.0. The van der Waals surface area contributed by atoms with Crippen LogP contribution in [0.5, 0.6) is 0 Å². The van der Waals surface area contributed by atoms with Crippen molar-refractivity contribution in [3.05, 3.63) is 107 Å². The van der Waals surface area contributed by atoms with E-state index < -0.39 is 21.5 Å². The number of piperazine rings is 1. The van der Waals surface area contributed by atoms with Crippen LogP contribution in [0.1, 0.15) is 27.0 Å². The van der Waals surface area contributed by atoms with E-state index in [2.05, 4.69) is 4.98 Å². The van der Waals surface area contributed by atoms with Gasteiger partial charge in [0, 0.05) is 61.5 Å². The highest BCUT2D eigenvalue weighted by Gasteiger charge is 2.24. The van der Waals surface area contributed by atoms with Crippen molar-refractivity contribution in [1.82, 2.24) is 14.8 Å². The Labute approximate surface area is 220 Å². The van der Waals surface area contributed by atoms with E-state index >= 15 is 0 Å². The number of fused-ring (bicyclic) bond motifs is 1. The first-order valence-electron chi connectivity index (χ1n) is 12.3. The molecule has 1 saturated heterocycles. The summed E-state index contributed by atoms with van der Waals surface area (Å²) in [4.78, 5) is 21.4. The molecule has 1 aliphatic rings. The molecule has 5 rings (SSSR count). The summed E-state index contributed by atoms with van der Waals surface area (Å²) < 4.78 is 53.7. The van der Waals surface area contributed by atoms with E-state index in [0.29, 0.717) is 54.9 Å². The summed E-state index contributed by atoms with van der Waals surface area (Å²) >= 11 is 0. The van der Waals surface area contributed by atoms with Gasteiger partial charge < -0.3 is 4.90 Å². The van der Waals surface area contributed by atoms with Gasteiger partial charge in [0.1, 0.15) is 11.6 Å². The second-order valence-electron chi connectivity index (χ2n) is 9.54. The average Bonchev–Trinajstić information content (AvgIpc) is 2.91. The molecule has 0 saturated carbocycles. The molecule has 0 bridgehead atoms. The molecule has 6 nitrogen and oxygen atoms in total. The molecule has 9 heteroatoms. The van der Waals surface area contributed by atoms with Crippen LogP contribution in [-0.4, -0.2) is 55.3 Å². The number of aryl methyl sites for hydroxylation is 1. The first kappa shape index (κ1) is 25.9. The van der Waals surface area contributed by atoms with Crippen LogP contribution < -0.4 is 0 Å². The van der Waals surface area contributed by atoms with Gasteiger partial charge in [0.2, 0.25) is 0 Å². The minimum Gasteiger partial charge on any atom is -0.336 e. The molecule has 0 spiro atoms. The molecule has 1 aromatic heterocycles. The van der Waals surface area contributed by atoms with Crippen molar-refractivity contribution in [2.24, 2.45) is 0 Å². The Hall–Kier alpha value is -3.69. The van der Waals surface area contributed by atoms with Crippen LogP contribution in [-0.2, 0) is 22.1 Å². The number of para-hydroxylation sites is 1. The van der Waals surface area contributed by atoms with E-state index in [1.807, 2.05) is 17.0 Å². The standard InChI is InChI=1S/C29H27F2N3O3S/c1-20-16-22(29(35)34-14-12-33(13-15-34)18-23-9-10-25(30)17-26(23)31)7-8-24(20)19-38(36,37)27-6-2-4-21-5-3-11-32-28(21)27/h2-11,16-17H,12-15,18-19H2,1H3. The van der Waals surface area contributed by atoms with Crippen LogP contribution >= 0.6 is 0 Å². The lowest BCUT2D eigenvalue weighted by Crippen LogP contribution is -2.48. The third-order valence-electron chi connectivity index (χ3n) is 6.93.